The number of carboxylic acid groups (broad SMARTS) is 1. The molecule has 0 amide bonds. The average molecular weight is 215 g/mol. The van der Waals surface area contributed by atoms with E-state index in [4.69, 9.17) is 16.7 Å². The van der Waals surface area contributed by atoms with E-state index < -0.39 is 11.9 Å². The molecule has 0 heterocycles. The molecule has 0 radical (unpaired) electrons. The zero-order valence-corrected chi connectivity index (χ0v) is 8.67. The van der Waals surface area contributed by atoms with Crippen molar-refractivity contribution in [1.82, 2.24) is 0 Å². The summed E-state index contributed by atoms with van der Waals surface area (Å²) in [4.78, 5) is 10.7. The lowest BCUT2D eigenvalue weighted by atomic mass is 9.98. The van der Waals surface area contributed by atoms with Gasteiger partial charge in [-0.2, -0.15) is 0 Å². The molecule has 1 unspecified atom stereocenters. The number of rotatable bonds is 2. The smallest absolute Gasteiger partial charge is 0.310 e. The van der Waals surface area contributed by atoms with E-state index in [-0.39, 0.29) is 10.8 Å². The summed E-state index contributed by atoms with van der Waals surface area (Å²) >= 11 is 5.72. The Morgan fingerprint density at radius 2 is 2.07 bits per heavy atom. The number of hydrogen-bond donors (Lipinski definition) is 2. The number of phenols is 1. The minimum atomic E-state index is -0.984. The summed E-state index contributed by atoms with van der Waals surface area (Å²) in [5, 5.41) is 18.5. The van der Waals surface area contributed by atoms with Gasteiger partial charge in [0.1, 0.15) is 5.75 Å². The van der Waals surface area contributed by atoms with E-state index in [1.54, 1.807) is 19.1 Å². The van der Waals surface area contributed by atoms with E-state index in [1.165, 1.54) is 6.92 Å². The molecule has 0 aliphatic heterocycles. The maximum atomic E-state index is 10.7. The first-order valence-corrected chi connectivity index (χ1v) is 4.53. The standard InChI is InChI=1S/C10H11ClO3/c1-5-3-7(6(2)10(13)14)9(12)8(11)4-5/h3-4,6,12H,1-2H3,(H,13,14). The first-order valence-electron chi connectivity index (χ1n) is 4.15. The number of benzene rings is 1. The van der Waals surface area contributed by atoms with E-state index >= 15 is 0 Å². The third kappa shape index (κ3) is 1.99. The maximum absolute atomic E-state index is 10.7. The quantitative estimate of drug-likeness (QED) is 0.796. The summed E-state index contributed by atoms with van der Waals surface area (Å²) in [6, 6.07) is 3.22. The van der Waals surface area contributed by atoms with Crippen LogP contribution in [0.1, 0.15) is 24.0 Å². The van der Waals surface area contributed by atoms with Crippen LogP contribution in [0.2, 0.25) is 5.02 Å². The molecule has 14 heavy (non-hydrogen) atoms. The van der Waals surface area contributed by atoms with Crippen molar-refractivity contribution in [2.75, 3.05) is 0 Å². The van der Waals surface area contributed by atoms with Crippen molar-refractivity contribution < 1.29 is 15.0 Å². The Labute approximate surface area is 86.9 Å². The number of aliphatic carboxylic acids is 1. The number of phenolic OH excluding ortho intramolecular Hbond substituents is 1. The molecule has 4 heteroatoms. The number of aromatic hydroxyl groups is 1. The summed E-state index contributed by atoms with van der Waals surface area (Å²) in [6.45, 7) is 3.30. The van der Waals surface area contributed by atoms with E-state index in [0.717, 1.165) is 5.56 Å². The summed E-state index contributed by atoms with van der Waals surface area (Å²) in [6.07, 6.45) is 0. The van der Waals surface area contributed by atoms with Gasteiger partial charge in [0.15, 0.2) is 0 Å². The number of carbonyl (C=O) groups is 1. The van der Waals surface area contributed by atoms with Gasteiger partial charge in [-0.05, 0) is 25.5 Å². The van der Waals surface area contributed by atoms with Crippen LogP contribution in [-0.4, -0.2) is 16.2 Å². The van der Waals surface area contributed by atoms with Gasteiger partial charge < -0.3 is 10.2 Å². The average Bonchev–Trinajstić information content (AvgIpc) is 2.09. The lowest BCUT2D eigenvalue weighted by Gasteiger charge is -2.11. The Morgan fingerprint density at radius 3 is 2.57 bits per heavy atom. The van der Waals surface area contributed by atoms with Crippen molar-refractivity contribution in [3.63, 3.8) is 0 Å². The van der Waals surface area contributed by atoms with Gasteiger partial charge in [-0.1, -0.05) is 17.7 Å². The molecule has 1 rings (SSSR count). The van der Waals surface area contributed by atoms with Crippen LogP contribution < -0.4 is 0 Å². The van der Waals surface area contributed by atoms with Crippen molar-refractivity contribution in [3.8, 4) is 5.75 Å². The number of halogens is 1. The number of carboxylic acids is 1. The van der Waals surface area contributed by atoms with Gasteiger partial charge in [0.25, 0.3) is 0 Å². The van der Waals surface area contributed by atoms with Crippen molar-refractivity contribution in [2.45, 2.75) is 19.8 Å². The molecule has 0 saturated heterocycles. The van der Waals surface area contributed by atoms with Gasteiger partial charge in [-0.15, -0.1) is 0 Å². The Hall–Kier alpha value is -1.22. The molecule has 0 aromatic heterocycles. The minimum Gasteiger partial charge on any atom is -0.506 e. The second-order valence-corrected chi connectivity index (χ2v) is 3.65. The fourth-order valence-corrected chi connectivity index (χ4v) is 1.51. The zero-order chi connectivity index (χ0) is 10.9. The van der Waals surface area contributed by atoms with Gasteiger partial charge in [0.05, 0.1) is 10.9 Å². The Balaban J connectivity index is 3.26. The molecule has 0 spiro atoms. The molecule has 2 N–H and O–H groups in total. The highest BCUT2D eigenvalue weighted by Gasteiger charge is 2.19. The normalized spacial score (nSPS) is 12.5. The third-order valence-corrected chi connectivity index (χ3v) is 2.36. The van der Waals surface area contributed by atoms with Gasteiger partial charge in [0, 0.05) is 5.56 Å². The Morgan fingerprint density at radius 1 is 1.50 bits per heavy atom. The van der Waals surface area contributed by atoms with Crippen LogP contribution in [0, 0.1) is 6.92 Å². The van der Waals surface area contributed by atoms with Gasteiger partial charge >= 0.3 is 5.97 Å². The molecule has 1 aromatic rings. The summed E-state index contributed by atoms with van der Waals surface area (Å²) < 4.78 is 0. The molecule has 0 fully saturated rings. The van der Waals surface area contributed by atoms with Crippen LogP contribution in [0.15, 0.2) is 12.1 Å². The highest BCUT2D eigenvalue weighted by molar-refractivity contribution is 6.32. The maximum Gasteiger partial charge on any atom is 0.310 e. The van der Waals surface area contributed by atoms with E-state index in [0.29, 0.717) is 5.56 Å². The third-order valence-electron chi connectivity index (χ3n) is 2.07. The first-order chi connectivity index (χ1) is 6.43. The van der Waals surface area contributed by atoms with Crippen LogP contribution in [0.3, 0.4) is 0 Å². The Kier molecular flexibility index (Phi) is 3.01. The van der Waals surface area contributed by atoms with Gasteiger partial charge in [-0.3, -0.25) is 4.79 Å². The second-order valence-electron chi connectivity index (χ2n) is 3.24. The summed E-state index contributed by atoms with van der Waals surface area (Å²) in [5.41, 5.74) is 1.18. The van der Waals surface area contributed by atoms with Crippen LogP contribution >= 0.6 is 11.6 Å². The van der Waals surface area contributed by atoms with Crippen LogP contribution in [0.5, 0.6) is 5.75 Å². The van der Waals surface area contributed by atoms with E-state index in [1.807, 2.05) is 0 Å². The highest BCUT2D eigenvalue weighted by atomic mass is 35.5. The summed E-state index contributed by atoms with van der Waals surface area (Å²) in [5.74, 6) is -1.89. The molecular formula is C10H11ClO3. The zero-order valence-electron chi connectivity index (χ0n) is 7.91. The molecule has 3 nitrogen and oxygen atoms in total. The number of hydrogen-bond acceptors (Lipinski definition) is 2. The van der Waals surface area contributed by atoms with Crippen LogP contribution in [0.25, 0.3) is 0 Å². The molecule has 76 valence electrons. The summed E-state index contributed by atoms with van der Waals surface area (Å²) in [7, 11) is 0. The monoisotopic (exact) mass is 214 g/mol. The largest absolute Gasteiger partial charge is 0.506 e. The topological polar surface area (TPSA) is 57.5 Å². The van der Waals surface area contributed by atoms with E-state index in [2.05, 4.69) is 0 Å². The van der Waals surface area contributed by atoms with Crippen molar-refractivity contribution >= 4 is 17.6 Å². The molecule has 1 aromatic carbocycles. The second kappa shape index (κ2) is 3.88. The molecule has 1 atom stereocenters. The predicted molar refractivity (Wildman–Crippen MR) is 53.9 cm³/mol. The lowest BCUT2D eigenvalue weighted by molar-refractivity contribution is -0.138. The Bertz CT molecular complexity index is 374. The van der Waals surface area contributed by atoms with Gasteiger partial charge in [-0.25, -0.2) is 0 Å². The SMILES string of the molecule is Cc1cc(Cl)c(O)c(C(C)C(=O)O)c1. The van der Waals surface area contributed by atoms with Crippen molar-refractivity contribution in [1.29, 1.82) is 0 Å². The minimum absolute atomic E-state index is 0.146. The first kappa shape index (κ1) is 10.9. The fraction of sp³-hybridized carbons (Fsp3) is 0.300. The lowest BCUT2D eigenvalue weighted by Crippen LogP contribution is -2.07. The molecule has 0 saturated carbocycles. The highest BCUT2D eigenvalue weighted by Crippen LogP contribution is 2.33. The number of aryl methyl sites for hydroxylation is 1. The molecular weight excluding hydrogens is 204 g/mol. The van der Waals surface area contributed by atoms with Crippen molar-refractivity contribution in [2.24, 2.45) is 0 Å². The van der Waals surface area contributed by atoms with Gasteiger partial charge in [0.2, 0.25) is 0 Å². The molecule has 0 bridgehead atoms. The van der Waals surface area contributed by atoms with Crippen molar-refractivity contribution in [3.05, 3.63) is 28.3 Å². The van der Waals surface area contributed by atoms with Crippen LogP contribution in [0.4, 0.5) is 0 Å². The van der Waals surface area contributed by atoms with Crippen LogP contribution in [-0.2, 0) is 4.79 Å². The van der Waals surface area contributed by atoms with E-state index in [9.17, 15) is 9.90 Å². The molecule has 0 aliphatic rings. The fourth-order valence-electron chi connectivity index (χ4n) is 1.22. The molecule has 0 aliphatic carbocycles. The predicted octanol–water partition coefficient (Wildman–Crippen LogP) is 2.54.